The largest absolute Gasteiger partial charge is 0.358 e. The van der Waals surface area contributed by atoms with Crippen molar-refractivity contribution < 1.29 is 4.79 Å². The topological polar surface area (TPSA) is 56.9 Å². The summed E-state index contributed by atoms with van der Waals surface area (Å²) in [6.45, 7) is 9.58. The maximum atomic E-state index is 12.2. The number of carbonyl (C=O) groups is 1. The van der Waals surface area contributed by atoms with E-state index < -0.39 is 0 Å². The lowest BCUT2D eigenvalue weighted by Crippen LogP contribution is -2.29. The van der Waals surface area contributed by atoms with Crippen molar-refractivity contribution in [2.45, 2.75) is 40.0 Å². The van der Waals surface area contributed by atoms with E-state index in [0.717, 1.165) is 12.1 Å². The molecule has 4 rings (SSSR count). The van der Waals surface area contributed by atoms with Gasteiger partial charge in [-0.25, -0.2) is 4.79 Å². The number of hydrogen-bond donors (Lipinski definition) is 3. The van der Waals surface area contributed by atoms with Crippen molar-refractivity contribution >= 4 is 22.6 Å². The molecular formula is C24H29N3O. The molecule has 1 aliphatic rings. The third kappa shape index (κ3) is 3.39. The first kappa shape index (κ1) is 18.6. The van der Waals surface area contributed by atoms with Crippen LogP contribution in [0, 0.1) is 25.2 Å². The van der Waals surface area contributed by atoms with Gasteiger partial charge in [0.15, 0.2) is 0 Å². The van der Waals surface area contributed by atoms with Crippen LogP contribution in [0.15, 0.2) is 48.5 Å². The number of H-pyrrole nitrogens is 1. The summed E-state index contributed by atoms with van der Waals surface area (Å²) in [6.07, 6.45) is 0.984. The van der Waals surface area contributed by atoms with Crippen LogP contribution in [0.4, 0.5) is 10.5 Å². The lowest BCUT2D eigenvalue weighted by atomic mass is 10.0. The van der Waals surface area contributed by atoms with E-state index in [1.807, 2.05) is 31.2 Å². The normalized spacial score (nSPS) is 20.1. The molecule has 1 heterocycles. The molecule has 3 aromatic rings. The molecule has 0 saturated heterocycles. The van der Waals surface area contributed by atoms with Crippen LogP contribution in [0.5, 0.6) is 0 Å². The van der Waals surface area contributed by atoms with Crippen LogP contribution >= 0.6 is 0 Å². The van der Waals surface area contributed by atoms with Crippen molar-refractivity contribution in [2.75, 3.05) is 11.9 Å². The highest BCUT2D eigenvalue weighted by Crippen LogP contribution is 2.67. The lowest BCUT2D eigenvalue weighted by Gasteiger charge is -2.08. The Hall–Kier alpha value is -2.75. The Morgan fingerprint density at radius 2 is 1.79 bits per heavy atom. The molecule has 1 aliphatic carbocycles. The Morgan fingerprint density at radius 1 is 1.07 bits per heavy atom. The molecule has 3 N–H and O–H groups in total. The Bertz CT molecular complexity index is 1000. The summed E-state index contributed by atoms with van der Waals surface area (Å²) < 4.78 is 0. The van der Waals surface area contributed by atoms with E-state index in [2.05, 4.69) is 60.7 Å². The van der Waals surface area contributed by atoms with Gasteiger partial charge in [-0.05, 0) is 61.3 Å². The van der Waals surface area contributed by atoms with Gasteiger partial charge in [0.25, 0.3) is 0 Å². The van der Waals surface area contributed by atoms with E-state index in [4.69, 9.17) is 0 Å². The molecule has 1 aromatic heterocycles. The number of aryl methyl sites for hydroxylation is 2. The minimum atomic E-state index is -0.137. The van der Waals surface area contributed by atoms with Gasteiger partial charge in [-0.2, -0.15) is 0 Å². The van der Waals surface area contributed by atoms with E-state index in [-0.39, 0.29) is 11.4 Å². The molecule has 0 aliphatic heterocycles. The highest BCUT2D eigenvalue weighted by molar-refractivity contribution is 5.89. The molecule has 0 radical (unpaired) electrons. The molecule has 2 atom stereocenters. The van der Waals surface area contributed by atoms with E-state index in [1.54, 1.807) is 0 Å². The SMILES string of the molecule is Cc1ccc(NC(=O)NCC[C@H]2[C@H](c3c(C)[nH]c4ccccc34)C2(C)C)cc1. The molecule has 28 heavy (non-hydrogen) atoms. The second-order valence-corrected chi connectivity index (χ2v) is 8.65. The first-order valence-corrected chi connectivity index (χ1v) is 10.1. The predicted octanol–water partition coefficient (Wildman–Crippen LogP) is 5.74. The van der Waals surface area contributed by atoms with Crippen molar-refractivity contribution in [3.05, 3.63) is 65.4 Å². The maximum absolute atomic E-state index is 12.2. The van der Waals surface area contributed by atoms with E-state index in [1.165, 1.54) is 27.7 Å². The Morgan fingerprint density at radius 3 is 2.54 bits per heavy atom. The summed E-state index contributed by atoms with van der Waals surface area (Å²) in [6, 6.07) is 16.3. The van der Waals surface area contributed by atoms with Crippen molar-refractivity contribution in [1.29, 1.82) is 0 Å². The molecule has 2 amide bonds. The van der Waals surface area contributed by atoms with Gasteiger partial charge in [-0.15, -0.1) is 0 Å². The number of urea groups is 1. The fourth-order valence-electron chi connectivity index (χ4n) is 4.71. The van der Waals surface area contributed by atoms with Crippen molar-refractivity contribution in [3.63, 3.8) is 0 Å². The van der Waals surface area contributed by atoms with Gasteiger partial charge >= 0.3 is 6.03 Å². The monoisotopic (exact) mass is 375 g/mol. The number of hydrogen-bond acceptors (Lipinski definition) is 1. The number of amides is 2. The van der Waals surface area contributed by atoms with Crippen LogP contribution in [0.25, 0.3) is 10.9 Å². The lowest BCUT2D eigenvalue weighted by molar-refractivity contribution is 0.251. The number of carbonyl (C=O) groups excluding carboxylic acids is 1. The van der Waals surface area contributed by atoms with Gasteiger partial charge < -0.3 is 15.6 Å². The van der Waals surface area contributed by atoms with Crippen LogP contribution < -0.4 is 10.6 Å². The molecular weight excluding hydrogens is 346 g/mol. The fourth-order valence-corrected chi connectivity index (χ4v) is 4.71. The average Bonchev–Trinajstić information content (AvgIpc) is 3.02. The number of fused-ring (bicyclic) bond motifs is 1. The maximum Gasteiger partial charge on any atom is 0.319 e. The Kier molecular flexibility index (Phi) is 4.66. The molecule has 146 valence electrons. The summed E-state index contributed by atoms with van der Waals surface area (Å²) in [5, 5.41) is 7.25. The Balaban J connectivity index is 1.37. The van der Waals surface area contributed by atoms with Gasteiger partial charge in [0, 0.05) is 28.8 Å². The fraction of sp³-hybridized carbons (Fsp3) is 0.375. The molecule has 1 fully saturated rings. The van der Waals surface area contributed by atoms with Crippen LogP contribution in [0.1, 0.15) is 43.0 Å². The quantitative estimate of drug-likeness (QED) is 0.523. The summed E-state index contributed by atoms with van der Waals surface area (Å²) in [4.78, 5) is 15.7. The van der Waals surface area contributed by atoms with E-state index in [0.29, 0.717) is 18.4 Å². The first-order valence-electron chi connectivity index (χ1n) is 10.1. The molecule has 2 aromatic carbocycles. The van der Waals surface area contributed by atoms with Crippen LogP contribution in [-0.2, 0) is 0 Å². The third-order valence-electron chi connectivity index (χ3n) is 6.36. The van der Waals surface area contributed by atoms with Gasteiger partial charge in [0.2, 0.25) is 0 Å². The zero-order valence-corrected chi connectivity index (χ0v) is 17.1. The average molecular weight is 376 g/mol. The van der Waals surface area contributed by atoms with Crippen molar-refractivity contribution in [3.8, 4) is 0 Å². The summed E-state index contributed by atoms with van der Waals surface area (Å²) in [5.74, 6) is 1.11. The highest BCUT2D eigenvalue weighted by atomic mass is 16.2. The number of aromatic amines is 1. The molecule has 4 nitrogen and oxygen atoms in total. The Labute approximate surface area is 166 Å². The smallest absolute Gasteiger partial charge is 0.319 e. The third-order valence-corrected chi connectivity index (χ3v) is 6.36. The number of rotatable bonds is 5. The second-order valence-electron chi connectivity index (χ2n) is 8.65. The number of anilines is 1. The van der Waals surface area contributed by atoms with Gasteiger partial charge in [0.1, 0.15) is 0 Å². The minimum Gasteiger partial charge on any atom is -0.358 e. The first-order chi connectivity index (χ1) is 13.4. The van der Waals surface area contributed by atoms with Gasteiger partial charge in [-0.3, -0.25) is 0 Å². The molecule has 0 unspecified atom stereocenters. The van der Waals surface area contributed by atoms with Crippen LogP contribution in [-0.4, -0.2) is 17.6 Å². The summed E-state index contributed by atoms with van der Waals surface area (Å²) in [7, 11) is 0. The molecule has 4 heteroatoms. The summed E-state index contributed by atoms with van der Waals surface area (Å²) >= 11 is 0. The minimum absolute atomic E-state index is 0.137. The molecule has 0 spiro atoms. The number of nitrogens with one attached hydrogen (secondary N) is 3. The number of para-hydroxylation sites is 1. The van der Waals surface area contributed by atoms with Gasteiger partial charge in [-0.1, -0.05) is 49.7 Å². The standard InChI is InChI=1S/C24H29N3O/c1-15-9-11-17(12-10-15)27-23(28)25-14-13-19-22(24(19,3)4)21-16(2)26-20-8-6-5-7-18(20)21/h5-12,19,22,26H,13-14H2,1-4H3,(H2,25,27,28)/t19-,22+/m0/s1. The van der Waals surface area contributed by atoms with E-state index in [9.17, 15) is 4.79 Å². The highest BCUT2D eigenvalue weighted by Gasteiger charge is 2.58. The predicted molar refractivity (Wildman–Crippen MR) is 116 cm³/mol. The zero-order chi connectivity index (χ0) is 19.9. The van der Waals surface area contributed by atoms with Crippen molar-refractivity contribution in [2.24, 2.45) is 11.3 Å². The number of benzene rings is 2. The molecule has 1 saturated carbocycles. The van der Waals surface area contributed by atoms with Crippen molar-refractivity contribution in [1.82, 2.24) is 10.3 Å². The summed E-state index contributed by atoms with van der Waals surface area (Å²) in [5.41, 5.74) is 6.20. The number of aromatic nitrogens is 1. The van der Waals surface area contributed by atoms with Gasteiger partial charge in [0.05, 0.1) is 0 Å². The van der Waals surface area contributed by atoms with Crippen LogP contribution in [0.3, 0.4) is 0 Å². The van der Waals surface area contributed by atoms with Crippen LogP contribution in [0.2, 0.25) is 0 Å². The second kappa shape index (κ2) is 7.01. The zero-order valence-electron chi connectivity index (χ0n) is 17.1. The van der Waals surface area contributed by atoms with E-state index >= 15 is 0 Å². The molecule has 0 bridgehead atoms.